The zero-order valence-corrected chi connectivity index (χ0v) is 12.4. The highest BCUT2D eigenvalue weighted by molar-refractivity contribution is 6.32. The first-order valence-electron chi connectivity index (χ1n) is 6.75. The van der Waals surface area contributed by atoms with Gasteiger partial charge in [0.25, 0.3) is 0 Å². The van der Waals surface area contributed by atoms with E-state index in [1.54, 1.807) is 12.3 Å². The summed E-state index contributed by atoms with van der Waals surface area (Å²) in [4.78, 5) is 4.49. The third-order valence-electron chi connectivity index (χ3n) is 3.80. The quantitative estimate of drug-likeness (QED) is 0.790. The number of hydrogen-bond donors (Lipinski definition) is 3. The van der Waals surface area contributed by atoms with Crippen molar-refractivity contribution in [3.63, 3.8) is 0 Å². The van der Waals surface area contributed by atoms with Gasteiger partial charge in [-0.25, -0.2) is 0 Å². The van der Waals surface area contributed by atoms with Crippen LogP contribution in [-0.4, -0.2) is 58.5 Å². The van der Waals surface area contributed by atoms with E-state index in [0.717, 1.165) is 31.9 Å². The second-order valence-electron chi connectivity index (χ2n) is 5.24. The van der Waals surface area contributed by atoms with Crippen molar-refractivity contribution in [1.29, 1.82) is 0 Å². The predicted molar refractivity (Wildman–Crippen MR) is 82.1 cm³/mol. The number of rotatable bonds is 2. The number of aromatic nitrogens is 2. The molecule has 1 saturated heterocycles. The van der Waals surface area contributed by atoms with E-state index < -0.39 is 0 Å². The molecule has 0 bridgehead atoms. The number of H-pyrrole nitrogens is 1. The van der Waals surface area contributed by atoms with Crippen LogP contribution in [0.4, 0.5) is 5.69 Å². The molecule has 0 atom stereocenters. The number of aromatic hydroxyl groups is 2. The molecule has 21 heavy (non-hydrogen) atoms. The van der Waals surface area contributed by atoms with Crippen molar-refractivity contribution in [2.75, 3.05) is 38.1 Å². The summed E-state index contributed by atoms with van der Waals surface area (Å²) >= 11 is 5.94. The van der Waals surface area contributed by atoms with E-state index in [1.165, 1.54) is 6.07 Å². The Morgan fingerprint density at radius 2 is 1.86 bits per heavy atom. The van der Waals surface area contributed by atoms with Gasteiger partial charge in [0, 0.05) is 37.8 Å². The molecule has 0 amide bonds. The van der Waals surface area contributed by atoms with Crippen molar-refractivity contribution in [3.8, 4) is 22.8 Å². The maximum absolute atomic E-state index is 10.1. The summed E-state index contributed by atoms with van der Waals surface area (Å²) in [5, 5.41) is 26.8. The highest BCUT2D eigenvalue weighted by Gasteiger charge is 2.21. The summed E-state index contributed by atoms with van der Waals surface area (Å²) in [5.74, 6) is -0.171. The van der Waals surface area contributed by atoms with Crippen LogP contribution in [0.5, 0.6) is 11.5 Å². The van der Waals surface area contributed by atoms with Gasteiger partial charge in [-0.1, -0.05) is 11.6 Å². The molecule has 1 aliphatic heterocycles. The fourth-order valence-electron chi connectivity index (χ4n) is 2.52. The van der Waals surface area contributed by atoms with Gasteiger partial charge in [0.2, 0.25) is 0 Å². The lowest BCUT2D eigenvalue weighted by atomic mass is 10.1. The minimum Gasteiger partial charge on any atom is -0.507 e. The Balaban J connectivity index is 1.97. The zero-order chi connectivity index (χ0) is 15.0. The molecular weight excluding hydrogens is 292 g/mol. The van der Waals surface area contributed by atoms with E-state index in [2.05, 4.69) is 27.0 Å². The van der Waals surface area contributed by atoms with Crippen molar-refractivity contribution >= 4 is 17.3 Å². The molecule has 0 radical (unpaired) electrons. The lowest BCUT2D eigenvalue weighted by molar-refractivity contribution is 0.313. The number of aromatic amines is 1. The van der Waals surface area contributed by atoms with Gasteiger partial charge >= 0.3 is 0 Å². The Morgan fingerprint density at radius 1 is 1.14 bits per heavy atom. The predicted octanol–water partition coefficient (Wildman–Crippen LogP) is 1.89. The number of phenols is 2. The molecule has 3 rings (SSSR count). The molecule has 1 aromatic heterocycles. The molecule has 1 aromatic carbocycles. The molecule has 0 saturated carbocycles. The lowest BCUT2D eigenvalue weighted by Crippen LogP contribution is -2.44. The molecule has 1 aliphatic rings. The Hall–Kier alpha value is -1.92. The molecule has 2 heterocycles. The molecule has 2 aromatic rings. The maximum Gasteiger partial charge on any atom is 0.137 e. The van der Waals surface area contributed by atoms with Gasteiger partial charge in [0.15, 0.2) is 0 Å². The standard InChI is InChI=1S/C14H17ClN4O2/c1-18-2-4-19(5-3-18)11-8-16-17-14(11)9-6-10(15)13(21)7-12(9)20/h6-8,20-21H,2-5H2,1H3,(H,16,17). The van der Waals surface area contributed by atoms with Gasteiger partial charge in [-0.15, -0.1) is 0 Å². The lowest BCUT2D eigenvalue weighted by Gasteiger charge is -2.33. The SMILES string of the molecule is CN1CCN(c2cn[nH]c2-c2cc(Cl)c(O)cc2O)CC1. The number of halogens is 1. The van der Waals surface area contributed by atoms with Crippen molar-refractivity contribution in [2.24, 2.45) is 0 Å². The summed E-state index contributed by atoms with van der Waals surface area (Å²) < 4.78 is 0. The van der Waals surface area contributed by atoms with Crippen molar-refractivity contribution in [1.82, 2.24) is 15.1 Å². The van der Waals surface area contributed by atoms with Crippen LogP contribution < -0.4 is 4.90 Å². The van der Waals surface area contributed by atoms with Gasteiger partial charge in [-0.05, 0) is 13.1 Å². The third kappa shape index (κ3) is 2.64. The molecule has 0 unspecified atom stereocenters. The molecule has 0 aliphatic carbocycles. The van der Waals surface area contributed by atoms with Crippen LogP contribution >= 0.6 is 11.6 Å². The summed E-state index contributed by atoms with van der Waals surface area (Å²) in [6.45, 7) is 3.76. The molecule has 112 valence electrons. The highest BCUT2D eigenvalue weighted by atomic mass is 35.5. The topological polar surface area (TPSA) is 75.6 Å². The average molecular weight is 309 g/mol. The summed E-state index contributed by atoms with van der Waals surface area (Å²) in [6.07, 6.45) is 1.75. The molecule has 6 nitrogen and oxygen atoms in total. The largest absolute Gasteiger partial charge is 0.507 e. The summed E-state index contributed by atoms with van der Waals surface area (Å²) in [7, 11) is 2.10. The molecular formula is C14H17ClN4O2. The van der Waals surface area contributed by atoms with E-state index in [0.29, 0.717) is 11.3 Å². The number of piperazine rings is 1. The van der Waals surface area contributed by atoms with Gasteiger partial charge in [0.1, 0.15) is 11.5 Å². The van der Waals surface area contributed by atoms with E-state index in [1.807, 2.05) is 0 Å². The van der Waals surface area contributed by atoms with Crippen molar-refractivity contribution < 1.29 is 10.2 Å². The van der Waals surface area contributed by atoms with Crippen LogP contribution in [0.1, 0.15) is 0 Å². The number of phenolic OH excluding ortho intramolecular Hbond substituents is 2. The van der Waals surface area contributed by atoms with Crippen LogP contribution in [-0.2, 0) is 0 Å². The molecule has 7 heteroatoms. The minimum atomic E-state index is -0.140. The monoisotopic (exact) mass is 308 g/mol. The zero-order valence-electron chi connectivity index (χ0n) is 11.7. The Kier molecular flexibility index (Phi) is 3.65. The normalized spacial score (nSPS) is 16.4. The van der Waals surface area contributed by atoms with Gasteiger partial charge in [0.05, 0.1) is 22.6 Å². The summed E-state index contributed by atoms with van der Waals surface area (Å²) in [5.41, 5.74) is 2.17. The van der Waals surface area contributed by atoms with Gasteiger partial charge in [-0.3, -0.25) is 5.10 Å². The average Bonchev–Trinajstić information content (AvgIpc) is 2.93. The van der Waals surface area contributed by atoms with Crippen LogP contribution in [0.15, 0.2) is 18.3 Å². The third-order valence-corrected chi connectivity index (χ3v) is 4.10. The number of anilines is 1. The van der Waals surface area contributed by atoms with Crippen LogP contribution in [0.2, 0.25) is 5.02 Å². The number of likely N-dealkylation sites (N-methyl/N-ethyl adjacent to an activating group) is 1. The van der Waals surface area contributed by atoms with Gasteiger partial charge in [-0.2, -0.15) is 5.10 Å². The van der Waals surface area contributed by atoms with E-state index >= 15 is 0 Å². The Morgan fingerprint density at radius 3 is 2.57 bits per heavy atom. The first-order valence-corrected chi connectivity index (χ1v) is 7.13. The maximum atomic E-state index is 10.1. The number of hydrogen-bond acceptors (Lipinski definition) is 5. The molecule has 3 N–H and O–H groups in total. The second kappa shape index (κ2) is 5.46. The van der Waals surface area contributed by atoms with E-state index in [4.69, 9.17) is 11.6 Å². The smallest absolute Gasteiger partial charge is 0.137 e. The molecule has 0 spiro atoms. The minimum absolute atomic E-state index is 0.0310. The molecule has 1 fully saturated rings. The highest BCUT2D eigenvalue weighted by Crippen LogP contribution is 2.40. The van der Waals surface area contributed by atoms with Crippen LogP contribution in [0.25, 0.3) is 11.3 Å². The first kappa shape index (κ1) is 14.0. The fourth-order valence-corrected chi connectivity index (χ4v) is 2.68. The first-order chi connectivity index (χ1) is 10.1. The van der Waals surface area contributed by atoms with Crippen molar-refractivity contribution in [3.05, 3.63) is 23.4 Å². The van der Waals surface area contributed by atoms with E-state index in [9.17, 15) is 10.2 Å². The Bertz CT molecular complexity index is 650. The fraction of sp³-hybridized carbons (Fsp3) is 0.357. The van der Waals surface area contributed by atoms with Gasteiger partial charge < -0.3 is 20.0 Å². The number of nitrogens with one attached hydrogen (secondary N) is 1. The Labute approximate surface area is 127 Å². The summed E-state index contributed by atoms with van der Waals surface area (Å²) in [6, 6.07) is 2.78. The number of nitrogens with zero attached hydrogens (tertiary/aromatic N) is 3. The number of benzene rings is 1. The van der Waals surface area contributed by atoms with Crippen molar-refractivity contribution in [2.45, 2.75) is 0 Å². The van der Waals surface area contributed by atoms with Crippen LogP contribution in [0.3, 0.4) is 0 Å². The van der Waals surface area contributed by atoms with E-state index in [-0.39, 0.29) is 16.5 Å². The second-order valence-corrected chi connectivity index (χ2v) is 5.65. The van der Waals surface area contributed by atoms with Crippen LogP contribution in [0, 0.1) is 0 Å².